The number of aryl methyl sites for hydroxylation is 2. The molecule has 3 heterocycles. The molecule has 0 unspecified atom stereocenters. The first-order valence-corrected chi connectivity index (χ1v) is 15.7. The third-order valence-corrected chi connectivity index (χ3v) is 6.97. The molecule has 0 atom stereocenters. The first kappa shape index (κ1) is 35.8. The number of para-hydroxylation sites is 2. The summed E-state index contributed by atoms with van der Waals surface area (Å²) in [4.78, 5) is 14.4. The van der Waals surface area contributed by atoms with E-state index in [1.807, 2.05) is 74.4 Å². The van der Waals surface area contributed by atoms with E-state index in [9.17, 15) is 0 Å². The number of fused-ring (bicyclic) bond motifs is 1. The molecule has 0 bridgehead atoms. The van der Waals surface area contributed by atoms with Gasteiger partial charge in [0.05, 0.1) is 16.9 Å². The second kappa shape index (κ2) is 17.5. The minimum atomic E-state index is -0.114. The zero-order valence-corrected chi connectivity index (χ0v) is 28.2. The molecular weight excluding hydrogens is 504 g/mol. The van der Waals surface area contributed by atoms with E-state index in [4.69, 9.17) is 10.1 Å². The van der Waals surface area contributed by atoms with Crippen molar-refractivity contribution in [3.8, 4) is 5.69 Å². The van der Waals surface area contributed by atoms with E-state index in [-0.39, 0.29) is 5.54 Å². The standard InChI is InChI=1S/C27H32N6.4C2H6/c1-19-25(20(2)33(30-19)22-11-7-6-8-12-22)27(4,5)32-17-15-31(16-18-32)26-23-13-9-10-14-24(23)28-21(3)29-26;4*1-2/h6-14H,15-18H2,1-5H3;4*1-2H3. The zero-order valence-electron chi connectivity index (χ0n) is 28.2. The highest BCUT2D eigenvalue weighted by atomic mass is 15.3. The largest absolute Gasteiger partial charge is 0.353 e. The van der Waals surface area contributed by atoms with Gasteiger partial charge in [-0.05, 0) is 58.9 Å². The van der Waals surface area contributed by atoms with Crippen molar-refractivity contribution in [3.63, 3.8) is 0 Å². The molecule has 6 nitrogen and oxygen atoms in total. The predicted octanol–water partition coefficient (Wildman–Crippen LogP) is 8.90. The minimum Gasteiger partial charge on any atom is -0.353 e. The van der Waals surface area contributed by atoms with Crippen molar-refractivity contribution in [2.75, 3.05) is 31.1 Å². The molecule has 5 rings (SSSR count). The van der Waals surface area contributed by atoms with Gasteiger partial charge in [-0.3, -0.25) is 4.90 Å². The molecule has 6 heteroatoms. The summed E-state index contributed by atoms with van der Waals surface area (Å²) in [6.45, 7) is 30.8. The highest BCUT2D eigenvalue weighted by Crippen LogP contribution is 2.35. The topological polar surface area (TPSA) is 50.1 Å². The van der Waals surface area contributed by atoms with Crippen LogP contribution in [0.3, 0.4) is 0 Å². The summed E-state index contributed by atoms with van der Waals surface area (Å²) in [5, 5.41) is 6.04. The van der Waals surface area contributed by atoms with Gasteiger partial charge in [-0.1, -0.05) is 85.7 Å². The number of hydrogen-bond acceptors (Lipinski definition) is 5. The van der Waals surface area contributed by atoms with Crippen LogP contribution in [-0.4, -0.2) is 50.8 Å². The molecule has 1 aliphatic rings. The number of rotatable bonds is 4. The fraction of sp³-hybridized carbons (Fsp3) is 0.514. The van der Waals surface area contributed by atoms with E-state index in [0.717, 1.165) is 60.1 Å². The summed E-state index contributed by atoms with van der Waals surface area (Å²) in [6, 6.07) is 18.7. The van der Waals surface area contributed by atoms with E-state index >= 15 is 0 Å². The number of benzene rings is 2. The quantitative estimate of drug-likeness (QED) is 0.249. The molecule has 1 saturated heterocycles. The molecule has 0 aliphatic carbocycles. The number of piperazine rings is 1. The highest BCUT2D eigenvalue weighted by molar-refractivity contribution is 5.89. The van der Waals surface area contributed by atoms with Crippen molar-refractivity contribution in [3.05, 3.63) is 77.4 Å². The molecular formula is C35H56N6. The molecule has 2 aromatic carbocycles. The molecule has 0 radical (unpaired) electrons. The lowest BCUT2D eigenvalue weighted by Gasteiger charge is -2.45. The van der Waals surface area contributed by atoms with Crippen molar-refractivity contribution in [1.29, 1.82) is 0 Å². The molecule has 226 valence electrons. The summed E-state index contributed by atoms with van der Waals surface area (Å²) in [5.41, 5.74) is 5.64. The van der Waals surface area contributed by atoms with Crippen molar-refractivity contribution in [2.24, 2.45) is 0 Å². The van der Waals surface area contributed by atoms with Crippen LogP contribution in [0.25, 0.3) is 16.6 Å². The van der Waals surface area contributed by atoms with E-state index in [1.165, 1.54) is 11.3 Å². The Morgan fingerprint density at radius 1 is 0.659 bits per heavy atom. The third-order valence-electron chi connectivity index (χ3n) is 6.97. The SMILES string of the molecule is CC.CC.CC.CC.Cc1nc(N2CCN(C(C)(C)c3c(C)nn(-c4ccccc4)c3C)CC2)c2ccccc2n1. The Balaban J connectivity index is 0.000000969. The van der Waals surface area contributed by atoms with Crippen molar-refractivity contribution >= 4 is 16.7 Å². The van der Waals surface area contributed by atoms with Crippen molar-refractivity contribution in [2.45, 2.75) is 95.5 Å². The van der Waals surface area contributed by atoms with Crippen LogP contribution >= 0.6 is 0 Å². The molecule has 0 N–H and O–H groups in total. The van der Waals surface area contributed by atoms with Gasteiger partial charge < -0.3 is 4.90 Å². The van der Waals surface area contributed by atoms with E-state index in [2.05, 4.69) is 89.6 Å². The fourth-order valence-corrected chi connectivity index (χ4v) is 5.40. The molecule has 1 fully saturated rings. The van der Waals surface area contributed by atoms with Crippen molar-refractivity contribution < 1.29 is 0 Å². The highest BCUT2D eigenvalue weighted by Gasteiger charge is 2.36. The average molecular weight is 561 g/mol. The fourth-order valence-electron chi connectivity index (χ4n) is 5.40. The molecule has 4 aromatic rings. The van der Waals surface area contributed by atoms with E-state index in [0.29, 0.717) is 0 Å². The van der Waals surface area contributed by atoms with Gasteiger partial charge >= 0.3 is 0 Å². The normalized spacial score (nSPS) is 13.0. The summed E-state index contributed by atoms with van der Waals surface area (Å²) >= 11 is 0. The summed E-state index contributed by atoms with van der Waals surface area (Å²) in [5.74, 6) is 1.88. The first-order valence-electron chi connectivity index (χ1n) is 15.7. The molecule has 2 aromatic heterocycles. The van der Waals surface area contributed by atoms with Crippen LogP contribution in [-0.2, 0) is 5.54 Å². The number of nitrogens with zero attached hydrogens (tertiary/aromatic N) is 6. The summed E-state index contributed by atoms with van der Waals surface area (Å²) < 4.78 is 2.08. The van der Waals surface area contributed by atoms with Crippen LogP contribution in [0.2, 0.25) is 0 Å². The van der Waals surface area contributed by atoms with Gasteiger partial charge in [-0.15, -0.1) is 0 Å². The molecule has 0 amide bonds. The van der Waals surface area contributed by atoms with E-state index in [1.54, 1.807) is 0 Å². The second-order valence-corrected chi connectivity index (χ2v) is 9.44. The number of aromatic nitrogens is 4. The Morgan fingerprint density at radius 3 is 1.78 bits per heavy atom. The predicted molar refractivity (Wildman–Crippen MR) is 180 cm³/mol. The van der Waals surface area contributed by atoms with Gasteiger partial charge in [-0.2, -0.15) is 5.10 Å². The Hall–Kier alpha value is -3.25. The summed E-state index contributed by atoms with van der Waals surface area (Å²) in [6.07, 6.45) is 0. The lowest BCUT2D eigenvalue weighted by Crippen LogP contribution is -2.53. The van der Waals surface area contributed by atoms with E-state index < -0.39 is 0 Å². The maximum Gasteiger partial charge on any atom is 0.140 e. The first-order chi connectivity index (χ1) is 19.9. The van der Waals surface area contributed by atoms with Crippen LogP contribution in [0.15, 0.2) is 54.6 Å². The molecule has 0 spiro atoms. The van der Waals surface area contributed by atoms with Crippen LogP contribution in [0.1, 0.15) is 92.0 Å². The van der Waals surface area contributed by atoms with Gasteiger partial charge in [0, 0.05) is 48.4 Å². The number of anilines is 1. The maximum atomic E-state index is 4.91. The van der Waals surface area contributed by atoms with Gasteiger partial charge in [0.2, 0.25) is 0 Å². The van der Waals surface area contributed by atoms with Crippen LogP contribution in [0.4, 0.5) is 5.82 Å². The van der Waals surface area contributed by atoms with Crippen molar-refractivity contribution in [1.82, 2.24) is 24.6 Å². The Kier molecular flexibility index (Phi) is 15.3. The average Bonchev–Trinajstić information content (AvgIpc) is 3.35. The Bertz CT molecular complexity index is 1290. The smallest absolute Gasteiger partial charge is 0.140 e. The molecule has 1 aliphatic heterocycles. The van der Waals surface area contributed by atoms with Crippen LogP contribution in [0, 0.1) is 20.8 Å². The maximum absolute atomic E-state index is 4.91. The zero-order chi connectivity index (χ0) is 31.2. The van der Waals surface area contributed by atoms with Gasteiger partial charge in [0.1, 0.15) is 11.6 Å². The molecule has 41 heavy (non-hydrogen) atoms. The van der Waals surface area contributed by atoms with Gasteiger partial charge in [0.15, 0.2) is 0 Å². The monoisotopic (exact) mass is 560 g/mol. The Labute approximate surface area is 250 Å². The van der Waals surface area contributed by atoms with Gasteiger partial charge in [0.25, 0.3) is 0 Å². The Morgan fingerprint density at radius 2 is 1.20 bits per heavy atom. The second-order valence-electron chi connectivity index (χ2n) is 9.44. The summed E-state index contributed by atoms with van der Waals surface area (Å²) in [7, 11) is 0. The minimum absolute atomic E-state index is 0.114. The number of hydrogen-bond donors (Lipinski definition) is 0. The van der Waals surface area contributed by atoms with Crippen LogP contribution in [0.5, 0.6) is 0 Å². The van der Waals surface area contributed by atoms with Gasteiger partial charge in [-0.25, -0.2) is 14.6 Å². The lowest BCUT2D eigenvalue weighted by molar-refractivity contribution is 0.110. The lowest BCUT2D eigenvalue weighted by atomic mass is 9.89. The third kappa shape index (κ3) is 8.16. The molecule has 0 saturated carbocycles. The van der Waals surface area contributed by atoms with Crippen LogP contribution < -0.4 is 4.90 Å².